The summed E-state index contributed by atoms with van der Waals surface area (Å²) >= 11 is 0. The number of benzene rings is 1. The maximum atomic E-state index is 10.7. The molecule has 1 aliphatic rings. The van der Waals surface area contributed by atoms with Gasteiger partial charge >= 0.3 is 5.97 Å². The average molecular weight is 219 g/mol. The minimum Gasteiger partial charge on any atom is -0.478 e. The molecule has 0 radical (unpaired) electrons. The molecule has 0 heterocycles. The van der Waals surface area contributed by atoms with E-state index in [4.69, 9.17) is 5.11 Å². The monoisotopic (exact) mass is 219 g/mol. The van der Waals surface area contributed by atoms with Gasteiger partial charge in [-0.2, -0.15) is 0 Å². The van der Waals surface area contributed by atoms with Crippen LogP contribution in [-0.2, 0) is 0 Å². The maximum absolute atomic E-state index is 10.7. The first kappa shape index (κ1) is 11.0. The smallest absolute Gasteiger partial charge is 0.335 e. The van der Waals surface area contributed by atoms with Crippen molar-refractivity contribution in [2.24, 2.45) is 5.92 Å². The summed E-state index contributed by atoms with van der Waals surface area (Å²) in [5.74, 6) is -0.0177. The molecule has 0 atom stereocenters. The quantitative estimate of drug-likeness (QED) is 0.827. The number of anilines is 1. The highest BCUT2D eigenvalue weighted by atomic mass is 16.4. The summed E-state index contributed by atoms with van der Waals surface area (Å²) in [5.41, 5.74) is 1.48. The Morgan fingerprint density at radius 1 is 1.38 bits per heavy atom. The van der Waals surface area contributed by atoms with Crippen LogP contribution in [0, 0.1) is 5.92 Å². The van der Waals surface area contributed by atoms with Crippen molar-refractivity contribution in [2.45, 2.75) is 19.8 Å². The molecular formula is C13H17NO2. The third kappa shape index (κ3) is 2.54. The lowest BCUT2D eigenvalue weighted by atomic mass is 10.2. The Hall–Kier alpha value is -1.51. The Morgan fingerprint density at radius 2 is 2.00 bits per heavy atom. The lowest BCUT2D eigenvalue weighted by Gasteiger charge is -2.23. The molecule has 0 unspecified atom stereocenters. The highest BCUT2D eigenvalue weighted by molar-refractivity contribution is 5.88. The number of nitrogens with zero attached hydrogens (tertiary/aromatic N) is 1. The van der Waals surface area contributed by atoms with Crippen molar-refractivity contribution in [3.8, 4) is 0 Å². The fourth-order valence-corrected chi connectivity index (χ4v) is 1.84. The van der Waals surface area contributed by atoms with E-state index in [2.05, 4.69) is 11.8 Å². The van der Waals surface area contributed by atoms with Crippen LogP contribution in [0.3, 0.4) is 0 Å². The normalized spacial score (nSPS) is 14.8. The molecule has 3 heteroatoms. The van der Waals surface area contributed by atoms with Crippen LogP contribution in [0.5, 0.6) is 0 Å². The van der Waals surface area contributed by atoms with E-state index in [1.165, 1.54) is 12.8 Å². The summed E-state index contributed by atoms with van der Waals surface area (Å²) in [5, 5.41) is 8.81. The zero-order valence-electron chi connectivity index (χ0n) is 9.52. The maximum Gasteiger partial charge on any atom is 0.335 e. The molecule has 2 rings (SSSR count). The summed E-state index contributed by atoms with van der Waals surface area (Å²) in [6.07, 6.45) is 2.67. The van der Waals surface area contributed by atoms with Crippen LogP contribution in [-0.4, -0.2) is 24.2 Å². The highest BCUT2D eigenvalue weighted by Gasteiger charge is 2.23. The molecule has 0 aromatic heterocycles. The van der Waals surface area contributed by atoms with Crippen molar-refractivity contribution in [1.82, 2.24) is 0 Å². The fraction of sp³-hybridized carbons (Fsp3) is 0.462. The molecule has 1 saturated carbocycles. The van der Waals surface area contributed by atoms with Gasteiger partial charge in [-0.3, -0.25) is 0 Å². The SMILES string of the molecule is CCN(CC1CC1)c1ccc(C(=O)O)cc1. The molecule has 0 amide bonds. The largest absolute Gasteiger partial charge is 0.478 e. The molecule has 1 fully saturated rings. The molecule has 1 aromatic carbocycles. The number of carbonyl (C=O) groups is 1. The first-order valence-electron chi connectivity index (χ1n) is 5.79. The van der Waals surface area contributed by atoms with E-state index in [1.54, 1.807) is 12.1 Å². The predicted octanol–water partition coefficient (Wildman–Crippen LogP) is 2.62. The second-order valence-corrected chi connectivity index (χ2v) is 4.33. The topological polar surface area (TPSA) is 40.5 Å². The van der Waals surface area contributed by atoms with Gasteiger partial charge < -0.3 is 10.0 Å². The Labute approximate surface area is 95.7 Å². The predicted molar refractivity (Wildman–Crippen MR) is 64.0 cm³/mol. The lowest BCUT2D eigenvalue weighted by Crippen LogP contribution is -2.25. The van der Waals surface area contributed by atoms with E-state index in [0.717, 1.165) is 24.7 Å². The highest BCUT2D eigenvalue weighted by Crippen LogP contribution is 2.31. The van der Waals surface area contributed by atoms with Crippen molar-refractivity contribution in [3.05, 3.63) is 29.8 Å². The molecule has 16 heavy (non-hydrogen) atoms. The second-order valence-electron chi connectivity index (χ2n) is 4.33. The van der Waals surface area contributed by atoms with Crippen molar-refractivity contribution in [1.29, 1.82) is 0 Å². The molecule has 3 nitrogen and oxygen atoms in total. The first-order valence-corrected chi connectivity index (χ1v) is 5.79. The standard InChI is InChI=1S/C13H17NO2/c1-2-14(9-10-3-4-10)12-7-5-11(6-8-12)13(15)16/h5-8,10H,2-4,9H2,1H3,(H,15,16). The number of hydrogen-bond acceptors (Lipinski definition) is 2. The van der Waals surface area contributed by atoms with E-state index < -0.39 is 5.97 Å². The molecule has 1 aromatic rings. The van der Waals surface area contributed by atoms with Gasteiger partial charge in [0, 0.05) is 18.8 Å². The van der Waals surface area contributed by atoms with Gasteiger partial charge in [0.15, 0.2) is 0 Å². The lowest BCUT2D eigenvalue weighted by molar-refractivity contribution is 0.0697. The van der Waals surface area contributed by atoms with Crippen molar-refractivity contribution in [3.63, 3.8) is 0 Å². The Balaban J connectivity index is 2.08. The second kappa shape index (κ2) is 4.56. The summed E-state index contributed by atoms with van der Waals surface area (Å²) in [6, 6.07) is 7.14. The van der Waals surface area contributed by atoms with E-state index in [0.29, 0.717) is 5.56 Å². The van der Waals surface area contributed by atoms with E-state index >= 15 is 0 Å². The zero-order valence-corrected chi connectivity index (χ0v) is 9.52. The molecule has 86 valence electrons. The Kier molecular flexibility index (Phi) is 3.13. The van der Waals surface area contributed by atoms with Gasteiger partial charge in [0.05, 0.1) is 5.56 Å². The van der Waals surface area contributed by atoms with Crippen LogP contribution in [0.15, 0.2) is 24.3 Å². The van der Waals surface area contributed by atoms with E-state index in [-0.39, 0.29) is 0 Å². The molecule has 0 bridgehead atoms. The first-order chi connectivity index (χ1) is 7.70. The number of aromatic carboxylic acids is 1. The molecular weight excluding hydrogens is 202 g/mol. The number of hydrogen-bond donors (Lipinski definition) is 1. The molecule has 1 N–H and O–H groups in total. The zero-order chi connectivity index (χ0) is 11.5. The molecule has 0 saturated heterocycles. The van der Waals surface area contributed by atoms with Crippen molar-refractivity contribution in [2.75, 3.05) is 18.0 Å². The van der Waals surface area contributed by atoms with Gasteiger partial charge in [0.2, 0.25) is 0 Å². The summed E-state index contributed by atoms with van der Waals surface area (Å²) < 4.78 is 0. The Bertz CT molecular complexity index is 368. The summed E-state index contributed by atoms with van der Waals surface area (Å²) in [4.78, 5) is 13.0. The van der Waals surface area contributed by atoms with Crippen LogP contribution in [0.4, 0.5) is 5.69 Å². The molecule has 0 spiro atoms. The van der Waals surface area contributed by atoms with Crippen LogP contribution < -0.4 is 4.90 Å². The van der Waals surface area contributed by atoms with Gasteiger partial charge in [-0.1, -0.05) is 0 Å². The van der Waals surface area contributed by atoms with Gasteiger partial charge in [0.1, 0.15) is 0 Å². The van der Waals surface area contributed by atoms with Gasteiger partial charge in [-0.15, -0.1) is 0 Å². The third-order valence-electron chi connectivity index (χ3n) is 3.04. The van der Waals surface area contributed by atoms with Crippen LogP contribution in [0.25, 0.3) is 0 Å². The minimum absolute atomic E-state index is 0.353. The fourth-order valence-electron chi connectivity index (χ4n) is 1.84. The Morgan fingerprint density at radius 3 is 2.44 bits per heavy atom. The van der Waals surface area contributed by atoms with Crippen LogP contribution in [0.2, 0.25) is 0 Å². The number of carboxylic acids is 1. The van der Waals surface area contributed by atoms with Crippen LogP contribution >= 0.6 is 0 Å². The average Bonchev–Trinajstić information content (AvgIpc) is 3.10. The summed E-state index contributed by atoms with van der Waals surface area (Å²) in [7, 11) is 0. The van der Waals surface area contributed by atoms with Gasteiger partial charge in [0.25, 0.3) is 0 Å². The molecule has 1 aliphatic carbocycles. The van der Waals surface area contributed by atoms with Gasteiger partial charge in [-0.05, 0) is 49.9 Å². The van der Waals surface area contributed by atoms with Gasteiger partial charge in [-0.25, -0.2) is 4.79 Å². The minimum atomic E-state index is -0.864. The summed E-state index contributed by atoms with van der Waals surface area (Å²) in [6.45, 7) is 4.21. The van der Waals surface area contributed by atoms with Crippen molar-refractivity contribution >= 4 is 11.7 Å². The number of rotatable bonds is 5. The van der Waals surface area contributed by atoms with E-state index in [1.807, 2.05) is 12.1 Å². The van der Waals surface area contributed by atoms with E-state index in [9.17, 15) is 4.79 Å². The van der Waals surface area contributed by atoms with Crippen molar-refractivity contribution < 1.29 is 9.90 Å². The third-order valence-corrected chi connectivity index (χ3v) is 3.04. The molecule has 0 aliphatic heterocycles. The number of carboxylic acid groups (broad SMARTS) is 1. The van der Waals surface area contributed by atoms with Crippen LogP contribution in [0.1, 0.15) is 30.1 Å².